The molecule has 0 bridgehead atoms. The Morgan fingerprint density at radius 2 is 1.62 bits per heavy atom. The van der Waals surface area contributed by atoms with Crippen molar-refractivity contribution in [1.29, 1.82) is 0 Å². The number of aromatic nitrogens is 4. The van der Waals surface area contributed by atoms with E-state index in [1.54, 1.807) is 6.92 Å². The van der Waals surface area contributed by atoms with E-state index < -0.39 is 6.10 Å². The number of fused-ring (bicyclic) bond motifs is 2. The number of imidazole rings is 2. The molecule has 1 saturated carbocycles. The van der Waals surface area contributed by atoms with Gasteiger partial charge in [-0.05, 0) is 49.4 Å². The van der Waals surface area contributed by atoms with E-state index in [0.29, 0.717) is 41.5 Å². The lowest BCUT2D eigenvalue weighted by Gasteiger charge is -2.39. The van der Waals surface area contributed by atoms with Crippen molar-refractivity contribution in [2.24, 2.45) is 14.1 Å². The molecule has 0 saturated heterocycles. The lowest BCUT2D eigenvalue weighted by Crippen LogP contribution is -2.43. The quantitative estimate of drug-likeness (QED) is 0.239. The number of hydrogen-bond donors (Lipinski definition) is 2. The van der Waals surface area contributed by atoms with E-state index in [1.807, 2.05) is 66.6 Å². The van der Waals surface area contributed by atoms with Crippen LogP contribution < -0.4 is 5.32 Å². The first-order valence-corrected chi connectivity index (χ1v) is 17.4. The second-order valence-electron chi connectivity index (χ2n) is 13.7. The van der Waals surface area contributed by atoms with Gasteiger partial charge in [0.1, 0.15) is 0 Å². The predicted octanol–water partition coefficient (Wildman–Crippen LogP) is 5.11. The third kappa shape index (κ3) is 6.11. The molecule has 2 aromatic heterocycles. The van der Waals surface area contributed by atoms with E-state index in [4.69, 9.17) is 21.6 Å². The first-order valence-electron chi connectivity index (χ1n) is 17.0. The van der Waals surface area contributed by atoms with Gasteiger partial charge in [0.2, 0.25) is 5.78 Å². The van der Waals surface area contributed by atoms with Crippen LogP contribution in [0.15, 0.2) is 36.4 Å². The highest BCUT2D eigenvalue weighted by Gasteiger charge is 2.32. The zero-order valence-corrected chi connectivity index (χ0v) is 29.0. The summed E-state index contributed by atoms with van der Waals surface area (Å²) in [4.78, 5) is 41.4. The normalized spacial score (nSPS) is 17.5. The third-order valence-electron chi connectivity index (χ3n) is 10.5. The SMILES string of the molecule is Cc1c(NC(=O)c2nc3c(n2C)CCN(C[C@H](C)O)C3)cccc1-c1cccc(CC(=O)c2nc3c(n2C)CCN(C2CCC2)C3)c1Cl. The fraction of sp³-hybridized carbons (Fsp3) is 0.459. The van der Waals surface area contributed by atoms with Crippen molar-refractivity contribution in [3.05, 3.63) is 87.0 Å². The molecule has 4 aromatic rings. The molecule has 1 aliphatic carbocycles. The van der Waals surface area contributed by atoms with Crippen molar-refractivity contribution < 1.29 is 14.7 Å². The van der Waals surface area contributed by atoms with Gasteiger partial charge in [-0.1, -0.05) is 48.4 Å². The summed E-state index contributed by atoms with van der Waals surface area (Å²) in [6, 6.07) is 12.2. The Hall–Kier alpha value is -3.83. The fourth-order valence-corrected chi connectivity index (χ4v) is 7.89. The second kappa shape index (κ2) is 13.2. The van der Waals surface area contributed by atoms with Crippen LogP contribution in [0.25, 0.3) is 11.1 Å². The number of ketones is 1. The minimum atomic E-state index is -0.420. The fourth-order valence-electron chi connectivity index (χ4n) is 7.59. The highest BCUT2D eigenvalue weighted by atomic mass is 35.5. The Morgan fingerprint density at radius 1 is 0.958 bits per heavy atom. The van der Waals surface area contributed by atoms with E-state index in [1.165, 1.54) is 19.3 Å². The predicted molar refractivity (Wildman–Crippen MR) is 186 cm³/mol. The summed E-state index contributed by atoms with van der Waals surface area (Å²) >= 11 is 7.03. The van der Waals surface area contributed by atoms with Gasteiger partial charge < -0.3 is 19.6 Å². The number of benzene rings is 2. The van der Waals surface area contributed by atoms with Gasteiger partial charge >= 0.3 is 0 Å². The summed E-state index contributed by atoms with van der Waals surface area (Å²) in [6.45, 7) is 7.57. The zero-order chi connectivity index (χ0) is 33.7. The number of aliphatic hydroxyl groups excluding tert-OH is 1. The molecule has 0 radical (unpaired) electrons. The van der Waals surface area contributed by atoms with Gasteiger partial charge in [0.25, 0.3) is 5.91 Å². The Morgan fingerprint density at radius 3 is 2.35 bits per heavy atom. The van der Waals surface area contributed by atoms with Gasteiger partial charge in [0.15, 0.2) is 11.6 Å². The molecule has 3 aliphatic rings. The number of hydrogen-bond acceptors (Lipinski definition) is 7. The molecule has 4 heterocycles. The molecule has 0 unspecified atom stereocenters. The third-order valence-corrected chi connectivity index (χ3v) is 10.9. The van der Waals surface area contributed by atoms with Crippen LogP contribution >= 0.6 is 11.6 Å². The van der Waals surface area contributed by atoms with Crippen LogP contribution in [-0.2, 0) is 46.4 Å². The van der Waals surface area contributed by atoms with E-state index in [-0.39, 0.29) is 18.1 Å². The molecular formula is C37H44ClN7O3. The number of aliphatic hydroxyl groups is 1. The number of carbonyl (C=O) groups excluding carboxylic acids is 2. The Labute approximate surface area is 286 Å². The number of halogens is 1. The van der Waals surface area contributed by atoms with Crippen LogP contribution in [0.2, 0.25) is 5.02 Å². The molecule has 10 nitrogen and oxygen atoms in total. The standard InChI is InChI=1S/C37H44ClN7O3/c1-22(46)19-44-16-14-31-29(20-44)40-36(43(31)4)37(48)41-28-13-7-11-26(23(28)2)27-12-5-8-24(34(27)38)18-33(47)35-39-30-21-45(25-9-6-10-25)17-15-32(30)42(35)3/h5,7-8,11-13,22,25,46H,6,9-10,14-21H2,1-4H3,(H,41,48)/t22-/m0/s1. The van der Waals surface area contributed by atoms with Crippen molar-refractivity contribution in [2.75, 3.05) is 25.0 Å². The summed E-state index contributed by atoms with van der Waals surface area (Å²) in [7, 11) is 3.83. The summed E-state index contributed by atoms with van der Waals surface area (Å²) in [5.74, 6) is 0.511. The number of amides is 1. The maximum absolute atomic E-state index is 13.7. The summed E-state index contributed by atoms with van der Waals surface area (Å²) < 4.78 is 3.86. The summed E-state index contributed by atoms with van der Waals surface area (Å²) in [5.41, 5.74) is 8.07. The number of nitrogens with one attached hydrogen (secondary N) is 1. The molecular weight excluding hydrogens is 626 g/mol. The molecule has 2 aliphatic heterocycles. The molecule has 2 aromatic carbocycles. The van der Waals surface area contributed by atoms with Crippen molar-refractivity contribution in [1.82, 2.24) is 28.9 Å². The second-order valence-corrected chi connectivity index (χ2v) is 14.1. The highest BCUT2D eigenvalue weighted by molar-refractivity contribution is 6.34. The van der Waals surface area contributed by atoms with Crippen molar-refractivity contribution in [2.45, 2.75) is 77.6 Å². The molecule has 48 heavy (non-hydrogen) atoms. The maximum atomic E-state index is 13.7. The maximum Gasteiger partial charge on any atom is 0.291 e. The number of Topliss-reactive ketones (excluding diaryl/α,β-unsaturated/α-hetero) is 1. The minimum Gasteiger partial charge on any atom is -0.392 e. The van der Waals surface area contributed by atoms with Crippen LogP contribution in [0.4, 0.5) is 5.69 Å². The molecule has 252 valence electrons. The number of carbonyl (C=O) groups is 2. The van der Waals surface area contributed by atoms with E-state index in [0.717, 1.165) is 77.5 Å². The lowest BCUT2D eigenvalue weighted by molar-refractivity contribution is 0.0977. The highest BCUT2D eigenvalue weighted by Crippen LogP contribution is 2.36. The van der Waals surface area contributed by atoms with Crippen LogP contribution in [-0.4, -0.2) is 77.5 Å². The van der Waals surface area contributed by atoms with Gasteiger partial charge in [-0.3, -0.25) is 19.4 Å². The molecule has 1 fully saturated rings. The van der Waals surface area contributed by atoms with Gasteiger partial charge in [0.05, 0.1) is 22.5 Å². The summed E-state index contributed by atoms with van der Waals surface area (Å²) in [5, 5.41) is 13.4. The van der Waals surface area contributed by atoms with Gasteiger partial charge in [-0.2, -0.15) is 0 Å². The Kier molecular flexibility index (Phi) is 9.02. The molecule has 7 rings (SSSR count). The first kappa shape index (κ1) is 32.7. The average Bonchev–Trinajstić information content (AvgIpc) is 3.54. The van der Waals surface area contributed by atoms with Crippen molar-refractivity contribution in [3.63, 3.8) is 0 Å². The Balaban J connectivity index is 1.08. The van der Waals surface area contributed by atoms with Gasteiger partial charge in [-0.15, -0.1) is 0 Å². The van der Waals surface area contributed by atoms with E-state index in [9.17, 15) is 14.7 Å². The molecule has 1 amide bonds. The number of β-amino-alcohol motifs (C(OH)–C–C–N with tert-alkyl or cyclic N) is 1. The number of nitrogens with zero attached hydrogens (tertiary/aromatic N) is 6. The Bertz CT molecular complexity index is 1890. The first-order chi connectivity index (χ1) is 23.1. The number of anilines is 1. The minimum absolute atomic E-state index is 0.0503. The monoisotopic (exact) mass is 669 g/mol. The topological polar surface area (TPSA) is 109 Å². The van der Waals surface area contributed by atoms with Crippen molar-refractivity contribution >= 4 is 29.0 Å². The molecule has 2 N–H and O–H groups in total. The average molecular weight is 670 g/mol. The van der Waals surface area contributed by atoms with Gasteiger partial charge in [0, 0.05) is 94.8 Å². The van der Waals surface area contributed by atoms with Crippen LogP contribution in [0.5, 0.6) is 0 Å². The molecule has 1 atom stereocenters. The zero-order valence-electron chi connectivity index (χ0n) is 28.2. The largest absolute Gasteiger partial charge is 0.392 e. The lowest BCUT2D eigenvalue weighted by atomic mass is 9.90. The van der Waals surface area contributed by atoms with Crippen molar-refractivity contribution in [3.8, 4) is 11.1 Å². The van der Waals surface area contributed by atoms with Crippen LogP contribution in [0, 0.1) is 6.92 Å². The molecule has 0 spiro atoms. The number of rotatable bonds is 9. The van der Waals surface area contributed by atoms with Gasteiger partial charge in [-0.25, -0.2) is 9.97 Å². The smallest absolute Gasteiger partial charge is 0.291 e. The van der Waals surface area contributed by atoms with E-state index >= 15 is 0 Å². The van der Waals surface area contributed by atoms with Crippen LogP contribution in [0.3, 0.4) is 0 Å². The van der Waals surface area contributed by atoms with E-state index in [2.05, 4.69) is 15.1 Å². The molecule has 11 heteroatoms. The van der Waals surface area contributed by atoms with Crippen LogP contribution in [0.1, 0.15) is 81.3 Å². The summed E-state index contributed by atoms with van der Waals surface area (Å²) in [6.07, 6.45) is 5.23.